The van der Waals surface area contributed by atoms with Gasteiger partial charge in [-0.2, -0.15) is 5.10 Å². The minimum Gasteiger partial charge on any atom is -0.356 e. The molecule has 0 radical (unpaired) electrons. The summed E-state index contributed by atoms with van der Waals surface area (Å²) in [5, 5.41) is 7.65. The molecular weight excluding hydrogens is 378 g/mol. The van der Waals surface area contributed by atoms with Crippen LogP contribution in [0.25, 0.3) is 16.7 Å². The van der Waals surface area contributed by atoms with E-state index in [0.717, 1.165) is 18.5 Å². The van der Waals surface area contributed by atoms with Crippen molar-refractivity contribution < 1.29 is 4.79 Å². The fourth-order valence-electron chi connectivity index (χ4n) is 3.34. The van der Waals surface area contributed by atoms with Crippen LogP contribution in [0.1, 0.15) is 18.4 Å². The van der Waals surface area contributed by atoms with Crippen molar-refractivity contribution >= 4 is 16.9 Å². The molecule has 152 valence electrons. The van der Waals surface area contributed by atoms with Crippen molar-refractivity contribution in [2.24, 2.45) is 0 Å². The normalized spacial score (nSPS) is 10.9. The Hall–Kier alpha value is -3.74. The average Bonchev–Trinajstić information content (AvgIpc) is 3.23. The zero-order chi connectivity index (χ0) is 20.8. The molecule has 0 aliphatic rings. The van der Waals surface area contributed by atoms with Gasteiger partial charge in [-0.1, -0.05) is 48.5 Å². The van der Waals surface area contributed by atoms with E-state index in [1.54, 1.807) is 4.68 Å². The number of nitrogens with one attached hydrogen (secondary N) is 1. The van der Waals surface area contributed by atoms with Crippen LogP contribution in [0.5, 0.6) is 0 Å². The minimum absolute atomic E-state index is 0.0740. The van der Waals surface area contributed by atoms with Crippen LogP contribution in [-0.2, 0) is 17.8 Å². The molecule has 30 heavy (non-hydrogen) atoms. The molecule has 7 nitrogen and oxygen atoms in total. The average molecular weight is 401 g/mol. The number of hydrogen-bond donors (Lipinski definition) is 1. The van der Waals surface area contributed by atoms with Crippen molar-refractivity contribution in [2.75, 3.05) is 6.54 Å². The second-order valence-corrected chi connectivity index (χ2v) is 7.06. The number of nitrogens with zero attached hydrogens (tertiary/aromatic N) is 4. The number of carbonyl (C=O) groups excluding carboxylic acids is 1. The Balaban J connectivity index is 1.33. The van der Waals surface area contributed by atoms with Gasteiger partial charge >= 0.3 is 0 Å². The number of benzene rings is 2. The third kappa shape index (κ3) is 4.46. The highest BCUT2D eigenvalue weighted by Crippen LogP contribution is 2.13. The predicted octanol–water partition coefficient (Wildman–Crippen LogP) is 2.72. The van der Waals surface area contributed by atoms with Crippen LogP contribution in [0.2, 0.25) is 0 Å². The van der Waals surface area contributed by atoms with Gasteiger partial charge in [0.05, 0.1) is 18.2 Å². The minimum atomic E-state index is -0.195. The summed E-state index contributed by atoms with van der Waals surface area (Å²) < 4.78 is 3.10. The van der Waals surface area contributed by atoms with Gasteiger partial charge in [-0.3, -0.25) is 14.2 Å². The van der Waals surface area contributed by atoms with Crippen LogP contribution < -0.4 is 10.9 Å². The van der Waals surface area contributed by atoms with E-state index < -0.39 is 0 Å². The Kier molecular flexibility index (Phi) is 5.98. The molecule has 0 unspecified atom stereocenters. The molecule has 4 rings (SSSR count). The van der Waals surface area contributed by atoms with E-state index in [2.05, 4.69) is 27.5 Å². The fourth-order valence-corrected chi connectivity index (χ4v) is 3.34. The van der Waals surface area contributed by atoms with Crippen molar-refractivity contribution in [3.05, 3.63) is 89.1 Å². The summed E-state index contributed by atoms with van der Waals surface area (Å²) in [5.41, 5.74) is 2.41. The first kappa shape index (κ1) is 19.6. The highest BCUT2D eigenvalue weighted by molar-refractivity contribution is 5.76. The first-order valence-electron chi connectivity index (χ1n) is 10.0. The molecule has 7 heteroatoms. The highest BCUT2D eigenvalue weighted by atomic mass is 16.1. The van der Waals surface area contributed by atoms with Gasteiger partial charge in [0.1, 0.15) is 5.39 Å². The van der Waals surface area contributed by atoms with Crippen molar-refractivity contribution in [3.8, 4) is 5.69 Å². The zero-order valence-corrected chi connectivity index (χ0v) is 16.6. The zero-order valence-electron chi connectivity index (χ0n) is 16.6. The van der Waals surface area contributed by atoms with Gasteiger partial charge in [-0.25, -0.2) is 9.67 Å². The molecule has 0 aliphatic carbocycles. The van der Waals surface area contributed by atoms with Crippen LogP contribution >= 0.6 is 0 Å². The smallest absolute Gasteiger partial charge is 0.264 e. The lowest BCUT2D eigenvalue weighted by atomic mass is 10.1. The van der Waals surface area contributed by atoms with Crippen LogP contribution in [0.4, 0.5) is 0 Å². The van der Waals surface area contributed by atoms with Gasteiger partial charge in [0.15, 0.2) is 5.65 Å². The molecule has 0 spiro atoms. The fraction of sp³-hybridized carbons (Fsp3) is 0.217. The Morgan fingerprint density at radius 3 is 2.50 bits per heavy atom. The second kappa shape index (κ2) is 9.17. The molecule has 2 heterocycles. The Bertz CT molecular complexity index is 1180. The van der Waals surface area contributed by atoms with Crippen molar-refractivity contribution in [2.45, 2.75) is 25.8 Å². The van der Waals surface area contributed by atoms with Crippen molar-refractivity contribution in [1.82, 2.24) is 24.6 Å². The van der Waals surface area contributed by atoms with E-state index in [9.17, 15) is 9.59 Å². The lowest BCUT2D eigenvalue weighted by molar-refractivity contribution is -0.121. The Morgan fingerprint density at radius 1 is 1.00 bits per heavy atom. The van der Waals surface area contributed by atoms with E-state index in [1.807, 2.05) is 48.5 Å². The first-order valence-corrected chi connectivity index (χ1v) is 10.0. The van der Waals surface area contributed by atoms with Gasteiger partial charge in [0.25, 0.3) is 5.56 Å². The molecule has 0 aliphatic heterocycles. The predicted molar refractivity (Wildman–Crippen MR) is 116 cm³/mol. The standard InChI is InChI=1S/C23H23N5O2/c29-21(24-14-7-10-18-8-3-1-4-9-18)13-15-27-17-25-22-20(23(27)30)16-26-28(22)19-11-5-2-6-12-19/h1-6,8-9,11-12,16-17H,7,10,13-15H2,(H,24,29). The molecule has 1 amide bonds. The van der Waals surface area contributed by atoms with E-state index in [4.69, 9.17) is 0 Å². The Morgan fingerprint density at radius 2 is 1.73 bits per heavy atom. The highest BCUT2D eigenvalue weighted by Gasteiger charge is 2.12. The number of fused-ring (bicyclic) bond motifs is 1. The number of amides is 1. The van der Waals surface area contributed by atoms with Gasteiger partial charge in [-0.05, 0) is 30.5 Å². The lowest BCUT2D eigenvalue weighted by Gasteiger charge is -2.08. The molecule has 4 aromatic rings. The molecule has 2 aromatic carbocycles. The maximum atomic E-state index is 12.7. The van der Waals surface area contributed by atoms with Crippen molar-refractivity contribution in [3.63, 3.8) is 0 Å². The van der Waals surface area contributed by atoms with E-state index in [1.165, 1.54) is 22.7 Å². The number of rotatable bonds is 8. The summed E-state index contributed by atoms with van der Waals surface area (Å²) in [4.78, 5) is 29.3. The van der Waals surface area contributed by atoms with Crippen LogP contribution in [0.3, 0.4) is 0 Å². The topological polar surface area (TPSA) is 81.8 Å². The third-order valence-electron chi connectivity index (χ3n) is 4.94. The Labute approximate surface area is 174 Å². The second-order valence-electron chi connectivity index (χ2n) is 7.06. The summed E-state index contributed by atoms with van der Waals surface area (Å²) in [6.45, 7) is 0.895. The summed E-state index contributed by atoms with van der Waals surface area (Å²) in [7, 11) is 0. The van der Waals surface area contributed by atoms with Crippen LogP contribution in [0, 0.1) is 0 Å². The number of aromatic nitrogens is 4. The van der Waals surface area contributed by atoms with Gasteiger partial charge in [-0.15, -0.1) is 0 Å². The molecule has 1 N–H and O–H groups in total. The summed E-state index contributed by atoms with van der Waals surface area (Å²) >= 11 is 0. The summed E-state index contributed by atoms with van der Waals surface area (Å²) in [6, 6.07) is 19.7. The summed E-state index contributed by atoms with van der Waals surface area (Å²) in [6.07, 6.45) is 5.03. The van der Waals surface area contributed by atoms with E-state index >= 15 is 0 Å². The molecule has 0 atom stereocenters. The van der Waals surface area contributed by atoms with Crippen molar-refractivity contribution in [1.29, 1.82) is 0 Å². The molecule has 0 fully saturated rings. The largest absolute Gasteiger partial charge is 0.356 e. The maximum Gasteiger partial charge on any atom is 0.264 e. The van der Waals surface area contributed by atoms with Crippen LogP contribution in [0.15, 0.2) is 78.0 Å². The lowest BCUT2D eigenvalue weighted by Crippen LogP contribution is -2.28. The van der Waals surface area contributed by atoms with E-state index in [-0.39, 0.29) is 24.4 Å². The van der Waals surface area contributed by atoms with Crippen LogP contribution in [-0.4, -0.2) is 31.8 Å². The number of para-hydroxylation sites is 1. The molecular formula is C23H23N5O2. The number of aryl methyl sites for hydroxylation is 2. The molecule has 0 saturated carbocycles. The maximum absolute atomic E-state index is 12.7. The van der Waals surface area contributed by atoms with Gasteiger partial charge < -0.3 is 5.32 Å². The third-order valence-corrected chi connectivity index (χ3v) is 4.94. The molecule has 2 aromatic heterocycles. The summed E-state index contributed by atoms with van der Waals surface area (Å²) in [5.74, 6) is -0.0740. The number of hydrogen-bond acceptors (Lipinski definition) is 4. The van der Waals surface area contributed by atoms with Gasteiger partial charge in [0.2, 0.25) is 5.91 Å². The van der Waals surface area contributed by atoms with E-state index in [0.29, 0.717) is 17.6 Å². The SMILES string of the molecule is O=C(CCn1cnc2c(cnn2-c2ccccc2)c1=O)NCCCc1ccccc1. The first-order chi connectivity index (χ1) is 14.7. The quantitative estimate of drug-likeness (QED) is 0.460. The monoisotopic (exact) mass is 401 g/mol. The molecule has 0 saturated heterocycles. The number of carbonyl (C=O) groups is 1. The van der Waals surface area contributed by atoms with Gasteiger partial charge in [0, 0.05) is 19.5 Å². The molecule has 0 bridgehead atoms.